The number of rotatable bonds is 11. The van der Waals surface area contributed by atoms with Gasteiger partial charge in [-0.25, -0.2) is 8.78 Å². The fourth-order valence-corrected chi connectivity index (χ4v) is 19.1. The van der Waals surface area contributed by atoms with Gasteiger partial charge in [-0.15, -0.1) is 0 Å². The van der Waals surface area contributed by atoms with Gasteiger partial charge in [0.05, 0.1) is 50.7 Å². The Morgan fingerprint density at radius 2 is 1.15 bits per heavy atom. The number of alkyl halides is 8. The van der Waals surface area contributed by atoms with Crippen molar-refractivity contribution in [3.05, 3.63) is 0 Å². The summed E-state index contributed by atoms with van der Waals surface area (Å²) in [6.07, 6.45) is -12.5. The van der Waals surface area contributed by atoms with Gasteiger partial charge in [-0.3, -0.25) is 57.5 Å². The van der Waals surface area contributed by atoms with Gasteiger partial charge in [-0.1, -0.05) is 59.8 Å². The average molecular weight is 1570 g/mol. The lowest BCUT2D eigenvalue weighted by molar-refractivity contribution is -0.219. The van der Waals surface area contributed by atoms with Crippen LogP contribution in [0.25, 0.3) is 0 Å². The molecule has 1 spiro atoms. The Balaban J connectivity index is 1.10. The molecule has 4 aliphatic carbocycles. The molecule has 110 heavy (non-hydrogen) atoms. The summed E-state index contributed by atoms with van der Waals surface area (Å²) in [7, 11) is 8.22. The lowest BCUT2D eigenvalue weighted by Gasteiger charge is -2.43. The number of morpholine rings is 1. The second-order valence-electron chi connectivity index (χ2n) is 33.8. The van der Waals surface area contributed by atoms with Crippen LogP contribution in [0.1, 0.15) is 201 Å². The topological polar surface area (TPSA) is 279 Å². The van der Waals surface area contributed by atoms with Crippen molar-refractivity contribution >= 4 is 70.9 Å². The van der Waals surface area contributed by atoms with Gasteiger partial charge in [-0.2, -0.15) is 26.3 Å². The second-order valence-corrected chi connectivity index (χ2v) is 33.8. The molecular formula is C77H118F8N12O13. The van der Waals surface area contributed by atoms with Gasteiger partial charge in [0, 0.05) is 55.4 Å². The zero-order chi connectivity index (χ0) is 80.8. The zero-order valence-electron chi connectivity index (χ0n) is 65.7. The first-order valence-electron chi connectivity index (χ1n) is 40.2. The minimum atomic E-state index is -5.20. The van der Waals surface area contributed by atoms with Crippen molar-refractivity contribution in [2.75, 3.05) is 81.7 Å². The van der Waals surface area contributed by atoms with E-state index in [1.807, 2.05) is 13.8 Å². The summed E-state index contributed by atoms with van der Waals surface area (Å²) < 4.78 is 121. The van der Waals surface area contributed by atoms with E-state index in [-0.39, 0.29) is 128 Å². The molecule has 0 aromatic carbocycles. The third-order valence-corrected chi connectivity index (χ3v) is 25.9. The SMILES string of the molecule is CC[C@H](C)[C@@H]1NC(=O)[C@H](CC(C)C)N(C)C(=O)C[C@@H](C(=O)N2C3CCC2COC3)N(C)C(=O)[C@H](C2CCCC2)N(C)C(=O)C2(CCCC2)NC(=O)[C@@H]2CCCN2C(=O)[C@H](CCC2CC(F)C(C(F)(F)F)C(F)C2)NC(=O)CN(C)C(=O)[C@H](CC2CCC(C(F)(F)F)CC2)N2CCCC[C@@H](C2=O)N(C)C(=O)CN(C)C1=O. The molecule has 0 radical (unpaired) electrons. The Morgan fingerprint density at radius 3 is 1.75 bits per heavy atom. The zero-order valence-corrected chi connectivity index (χ0v) is 65.7. The van der Waals surface area contributed by atoms with Crippen LogP contribution < -0.4 is 16.0 Å². The molecule has 4 unspecified atom stereocenters. The number of likely N-dealkylation sites (N-methyl/N-ethyl adjacent to an activating group) is 6. The molecule has 13 atom stereocenters. The van der Waals surface area contributed by atoms with Gasteiger partial charge < -0.3 is 64.8 Å². The molecule has 5 aliphatic heterocycles. The number of hydrogen-bond donors (Lipinski definition) is 3. The first-order chi connectivity index (χ1) is 51.8. The smallest absolute Gasteiger partial charge is 0.377 e. The molecular weight excluding hydrogens is 1450 g/mol. The molecule has 0 aromatic rings. The van der Waals surface area contributed by atoms with Gasteiger partial charge in [0.1, 0.15) is 72.1 Å². The molecule has 4 bridgehead atoms. The van der Waals surface area contributed by atoms with Gasteiger partial charge >= 0.3 is 12.4 Å². The van der Waals surface area contributed by atoms with Crippen LogP contribution in [-0.2, 0) is 62.3 Å². The van der Waals surface area contributed by atoms with E-state index in [4.69, 9.17) is 4.74 Å². The van der Waals surface area contributed by atoms with E-state index in [1.54, 1.807) is 18.7 Å². The molecule has 33 heteroatoms. The quantitative estimate of drug-likeness (QED) is 0.179. The van der Waals surface area contributed by atoms with Crippen LogP contribution in [-0.4, -0.2) is 287 Å². The van der Waals surface area contributed by atoms with Gasteiger partial charge in [0.25, 0.3) is 0 Å². The fourth-order valence-electron chi connectivity index (χ4n) is 19.1. The predicted octanol–water partition coefficient (Wildman–Crippen LogP) is 6.86. The van der Waals surface area contributed by atoms with E-state index < -0.39 is 224 Å². The number of fused-ring (bicyclic) bond motifs is 5. The Morgan fingerprint density at radius 1 is 0.564 bits per heavy atom. The summed E-state index contributed by atoms with van der Waals surface area (Å²) in [5.74, 6) is -16.3. The van der Waals surface area contributed by atoms with Crippen LogP contribution in [0.2, 0.25) is 0 Å². The van der Waals surface area contributed by atoms with Crippen molar-refractivity contribution in [2.24, 2.45) is 41.4 Å². The Hall–Kier alpha value is -6.96. The highest BCUT2D eigenvalue weighted by Crippen LogP contribution is 2.46. The molecule has 0 aromatic heterocycles. The van der Waals surface area contributed by atoms with Crippen molar-refractivity contribution in [1.29, 1.82) is 0 Å². The lowest BCUT2D eigenvalue weighted by Crippen LogP contribution is -2.65. The third kappa shape index (κ3) is 20.0. The number of nitrogens with zero attached hydrogens (tertiary/aromatic N) is 9. The number of nitrogens with one attached hydrogen (secondary N) is 3. The maximum absolute atomic E-state index is 15.9. The molecule has 5 heterocycles. The van der Waals surface area contributed by atoms with Crippen LogP contribution >= 0.6 is 0 Å². The van der Waals surface area contributed by atoms with E-state index >= 15 is 51.9 Å². The summed E-state index contributed by atoms with van der Waals surface area (Å²) in [4.78, 5) is 194. The standard InChI is InChI=1S/C77H118F8N12O13/c1-11-45(4)64-72(107)90(6)41-62(100)91(7)56-21-14-17-33-96(70(56)105)59(38-46-23-26-49(27-24-46)76(80,81)82)69(104)89(5)40-60(98)86-54(30-25-47-36-52(78)63(53(79)37-47)77(83,84)85)68(103)95-34-18-22-55(95)67(102)88-75(31-15-16-32-75)74(109)94(10)65(48-19-12-13-20-48)73(108)93(9)58(71(106)97-50-28-29-51(97)43-110-42-50)39-61(99)92(8)57(35-44(2)3)66(101)87-64/h44-59,63-65H,11-43H2,1-10H3,(H,86,98)(H,87,101)(H,88,102)/t45-,46?,47?,49?,50?,51?,52?,53?,54-,55-,56-,57-,58-,59-,63?,64-,65-/m0/s1. The molecule has 12 amide bonds. The lowest BCUT2D eigenvalue weighted by atomic mass is 9.76. The van der Waals surface area contributed by atoms with Crippen molar-refractivity contribution < 1.29 is 97.4 Å². The Bertz CT molecular complexity index is 3290. The van der Waals surface area contributed by atoms with Gasteiger partial charge in [0.15, 0.2) is 0 Å². The van der Waals surface area contributed by atoms with Crippen LogP contribution in [0.4, 0.5) is 35.1 Å². The predicted molar refractivity (Wildman–Crippen MR) is 386 cm³/mol. The molecule has 5 saturated heterocycles. The van der Waals surface area contributed by atoms with E-state index in [2.05, 4.69) is 16.0 Å². The average Bonchev–Trinajstić information content (AvgIpc) is 1.41. The number of halogens is 8. The summed E-state index contributed by atoms with van der Waals surface area (Å²) in [5.41, 5.74) is -1.67. The normalized spacial score (nSPS) is 33.4. The monoisotopic (exact) mass is 1570 g/mol. The third-order valence-electron chi connectivity index (χ3n) is 25.9. The first-order valence-corrected chi connectivity index (χ1v) is 40.2. The Labute approximate surface area is 640 Å². The highest BCUT2D eigenvalue weighted by atomic mass is 19.4. The highest BCUT2D eigenvalue weighted by Gasteiger charge is 2.56. The number of hydrogen-bond acceptors (Lipinski definition) is 13. The van der Waals surface area contributed by atoms with E-state index in [0.29, 0.717) is 64.2 Å². The highest BCUT2D eigenvalue weighted by molar-refractivity contribution is 6.01. The molecule has 4 saturated carbocycles. The number of ether oxygens (including phenoxy) is 1. The van der Waals surface area contributed by atoms with Crippen LogP contribution in [0.3, 0.4) is 0 Å². The molecule has 620 valence electrons. The minimum absolute atomic E-state index is 0.0180. The molecule has 25 nitrogen and oxygen atoms in total. The summed E-state index contributed by atoms with van der Waals surface area (Å²) in [5, 5.41) is 8.56. The van der Waals surface area contributed by atoms with Crippen LogP contribution in [0.15, 0.2) is 0 Å². The second kappa shape index (κ2) is 36.9. The molecule has 3 N–H and O–H groups in total. The van der Waals surface area contributed by atoms with Crippen LogP contribution in [0, 0.1) is 41.4 Å². The van der Waals surface area contributed by atoms with E-state index in [0.717, 1.165) is 14.7 Å². The first kappa shape index (κ1) is 87.0. The van der Waals surface area contributed by atoms with E-state index in [9.17, 15) is 40.7 Å². The van der Waals surface area contributed by atoms with Gasteiger partial charge in [-0.05, 0) is 164 Å². The van der Waals surface area contributed by atoms with Crippen molar-refractivity contribution in [1.82, 2.24) is 60.0 Å². The maximum Gasteiger partial charge on any atom is 0.397 e. The number of carbonyl (C=O) groups is 12. The molecule has 9 rings (SSSR count). The van der Waals surface area contributed by atoms with Crippen LogP contribution in [0.5, 0.6) is 0 Å². The van der Waals surface area contributed by atoms with E-state index in [1.165, 1.54) is 66.8 Å². The summed E-state index contributed by atoms with van der Waals surface area (Å²) in [6.45, 7) is 5.98. The minimum Gasteiger partial charge on any atom is -0.377 e. The number of carbonyl (C=O) groups excluding carboxylic acids is 12. The summed E-state index contributed by atoms with van der Waals surface area (Å²) in [6, 6.07) is -11.8. The summed E-state index contributed by atoms with van der Waals surface area (Å²) >= 11 is 0. The molecule has 9 aliphatic rings. The van der Waals surface area contributed by atoms with Crippen molar-refractivity contribution in [3.63, 3.8) is 0 Å². The Kier molecular flexibility index (Phi) is 29.2. The van der Waals surface area contributed by atoms with Crippen molar-refractivity contribution in [2.45, 2.75) is 292 Å². The fraction of sp³-hybridized carbons (Fsp3) is 0.844. The molecule has 9 fully saturated rings. The van der Waals surface area contributed by atoms with Crippen molar-refractivity contribution in [3.8, 4) is 0 Å². The maximum atomic E-state index is 15.9. The van der Waals surface area contributed by atoms with Gasteiger partial charge in [0.2, 0.25) is 70.9 Å². The largest absolute Gasteiger partial charge is 0.397 e. The number of amides is 12.